The average molecular weight is 503 g/mol. The summed E-state index contributed by atoms with van der Waals surface area (Å²) in [5, 5.41) is 1.12. The van der Waals surface area contributed by atoms with Crippen LogP contribution >= 0.6 is 0 Å². The highest BCUT2D eigenvalue weighted by Crippen LogP contribution is 2.31. The Morgan fingerprint density at radius 3 is 2.46 bits per heavy atom. The number of benzene rings is 4. The number of fused-ring (bicyclic) bond motifs is 1. The molecule has 0 N–H and O–H groups in total. The Morgan fingerprint density at radius 1 is 0.821 bits per heavy atom. The molecule has 2 heteroatoms. The van der Waals surface area contributed by atoms with Crippen LogP contribution in [0.15, 0.2) is 146 Å². The Morgan fingerprint density at radius 2 is 1.64 bits per heavy atom. The van der Waals surface area contributed by atoms with Crippen molar-refractivity contribution in [2.75, 3.05) is 0 Å². The van der Waals surface area contributed by atoms with Gasteiger partial charge in [0.25, 0.3) is 0 Å². The molecule has 1 aromatic heterocycles. The van der Waals surface area contributed by atoms with Gasteiger partial charge in [0.1, 0.15) is 0 Å². The molecule has 0 saturated heterocycles. The van der Waals surface area contributed by atoms with E-state index >= 15 is 0 Å². The number of pyridine rings is 1. The number of rotatable bonds is 9. The summed E-state index contributed by atoms with van der Waals surface area (Å²) in [5.41, 5.74) is 10.7. The highest BCUT2D eigenvalue weighted by molar-refractivity contribution is 5.95. The first-order valence-electron chi connectivity index (χ1n) is 12.9. The van der Waals surface area contributed by atoms with Crippen molar-refractivity contribution in [3.05, 3.63) is 169 Å². The summed E-state index contributed by atoms with van der Waals surface area (Å²) in [7, 11) is 0. The van der Waals surface area contributed by atoms with Crippen LogP contribution in [0.3, 0.4) is 0 Å². The monoisotopic (exact) mass is 502 g/mol. The lowest BCUT2D eigenvalue weighted by Gasteiger charge is -2.10. The molecule has 0 aliphatic carbocycles. The third kappa shape index (κ3) is 5.92. The van der Waals surface area contributed by atoms with E-state index in [1.165, 1.54) is 16.7 Å². The lowest BCUT2D eigenvalue weighted by molar-refractivity contribution is 1.18. The summed E-state index contributed by atoms with van der Waals surface area (Å²) in [5.74, 6) is 0. The van der Waals surface area contributed by atoms with E-state index < -0.39 is 0 Å². The molecule has 0 atom stereocenters. The summed E-state index contributed by atoms with van der Waals surface area (Å²) >= 11 is 0. The molecule has 188 valence electrons. The SMILES string of the molecule is C=C/C=C\c1ccccc1Cc1ccc(C(=C)/C=C(\N=C)c2cccc(-c3cccc4ncccc34)c2)cc1. The molecular weight excluding hydrogens is 472 g/mol. The molecule has 5 aromatic rings. The van der Waals surface area contributed by atoms with E-state index in [0.717, 1.165) is 50.8 Å². The van der Waals surface area contributed by atoms with E-state index in [4.69, 9.17) is 0 Å². The fraction of sp³-hybridized carbons (Fsp3) is 0.0270. The van der Waals surface area contributed by atoms with Crippen LogP contribution in [0.1, 0.15) is 27.8 Å². The zero-order valence-electron chi connectivity index (χ0n) is 21.9. The van der Waals surface area contributed by atoms with E-state index in [1.807, 2.05) is 36.5 Å². The molecule has 0 bridgehead atoms. The standard InChI is InChI=1S/C37H30N2/c1-4-5-11-30-12-6-7-13-31(30)25-28-19-21-29(22-20-28)27(2)24-37(38-3)33-15-8-14-32(26-33)34-16-9-18-36-35(34)17-10-23-39-36/h4-24,26H,1-3,25H2/b11-5-,37-24-. The van der Waals surface area contributed by atoms with Gasteiger partial charge in [-0.1, -0.05) is 116 Å². The molecule has 0 radical (unpaired) electrons. The fourth-order valence-corrected chi connectivity index (χ4v) is 4.76. The first kappa shape index (κ1) is 25.6. The third-order valence-electron chi connectivity index (χ3n) is 6.78. The summed E-state index contributed by atoms with van der Waals surface area (Å²) in [4.78, 5) is 8.85. The molecule has 0 fully saturated rings. The van der Waals surface area contributed by atoms with Gasteiger partial charge < -0.3 is 0 Å². The van der Waals surface area contributed by atoms with Gasteiger partial charge >= 0.3 is 0 Å². The highest BCUT2D eigenvalue weighted by atomic mass is 14.7. The quantitative estimate of drug-likeness (QED) is 0.146. The number of hydrogen-bond donors (Lipinski definition) is 0. The lowest BCUT2D eigenvalue weighted by Crippen LogP contribution is -1.92. The van der Waals surface area contributed by atoms with E-state index in [0.29, 0.717) is 0 Å². The summed E-state index contributed by atoms with van der Waals surface area (Å²) < 4.78 is 0. The van der Waals surface area contributed by atoms with E-state index in [1.54, 1.807) is 6.08 Å². The molecule has 1 heterocycles. The van der Waals surface area contributed by atoms with Crippen molar-refractivity contribution in [2.45, 2.75) is 6.42 Å². The summed E-state index contributed by atoms with van der Waals surface area (Å²) in [6, 6.07) is 35.7. The molecule has 0 aliphatic heterocycles. The Balaban J connectivity index is 1.38. The summed E-state index contributed by atoms with van der Waals surface area (Å²) in [6.07, 6.45) is 10.5. The van der Waals surface area contributed by atoms with Gasteiger partial charge in [0, 0.05) is 17.1 Å². The van der Waals surface area contributed by atoms with Crippen molar-refractivity contribution in [2.24, 2.45) is 4.99 Å². The lowest BCUT2D eigenvalue weighted by atomic mass is 9.96. The van der Waals surface area contributed by atoms with Crippen molar-refractivity contribution in [1.29, 1.82) is 0 Å². The van der Waals surface area contributed by atoms with Gasteiger partial charge in [-0.2, -0.15) is 0 Å². The molecule has 5 rings (SSSR count). The maximum atomic E-state index is 4.50. The molecule has 39 heavy (non-hydrogen) atoms. The summed E-state index contributed by atoms with van der Waals surface area (Å²) in [6.45, 7) is 12.0. The van der Waals surface area contributed by atoms with Crippen LogP contribution in [-0.4, -0.2) is 11.7 Å². The molecule has 0 amide bonds. The number of allylic oxidation sites excluding steroid dienone is 4. The van der Waals surface area contributed by atoms with Crippen LogP contribution in [0.25, 0.3) is 39.4 Å². The number of nitrogens with zero attached hydrogens (tertiary/aromatic N) is 2. The van der Waals surface area contributed by atoms with Gasteiger partial charge in [0.05, 0.1) is 11.2 Å². The minimum absolute atomic E-state index is 0.784. The maximum absolute atomic E-state index is 4.50. The van der Waals surface area contributed by atoms with Crippen molar-refractivity contribution >= 4 is 35.0 Å². The van der Waals surface area contributed by atoms with Crippen molar-refractivity contribution in [1.82, 2.24) is 4.98 Å². The fourth-order valence-electron chi connectivity index (χ4n) is 4.76. The minimum atomic E-state index is 0.784. The Hall–Kier alpha value is -5.08. The van der Waals surface area contributed by atoms with Gasteiger partial charge in [-0.15, -0.1) is 0 Å². The van der Waals surface area contributed by atoms with Crippen molar-refractivity contribution in [3.63, 3.8) is 0 Å². The van der Waals surface area contributed by atoms with E-state index in [-0.39, 0.29) is 0 Å². The zero-order chi connectivity index (χ0) is 27.0. The minimum Gasteiger partial charge on any atom is -0.264 e. The van der Waals surface area contributed by atoms with Crippen LogP contribution in [0.2, 0.25) is 0 Å². The predicted molar refractivity (Wildman–Crippen MR) is 169 cm³/mol. The predicted octanol–water partition coefficient (Wildman–Crippen LogP) is 9.45. The van der Waals surface area contributed by atoms with E-state index in [2.05, 4.69) is 121 Å². The Kier molecular flexibility index (Phi) is 7.85. The second-order valence-corrected chi connectivity index (χ2v) is 9.34. The van der Waals surface area contributed by atoms with Gasteiger partial charge in [0.15, 0.2) is 0 Å². The molecular formula is C37H30N2. The van der Waals surface area contributed by atoms with Crippen LogP contribution in [0.4, 0.5) is 0 Å². The number of hydrogen-bond acceptors (Lipinski definition) is 2. The third-order valence-corrected chi connectivity index (χ3v) is 6.78. The molecule has 4 aromatic carbocycles. The molecule has 0 spiro atoms. The number of aromatic nitrogens is 1. The largest absolute Gasteiger partial charge is 0.264 e. The van der Waals surface area contributed by atoms with Gasteiger partial charge in [-0.3, -0.25) is 9.98 Å². The van der Waals surface area contributed by atoms with E-state index in [9.17, 15) is 0 Å². The van der Waals surface area contributed by atoms with Crippen LogP contribution in [0, 0.1) is 0 Å². The molecule has 0 saturated carbocycles. The molecule has 2 nitrogen and oxygen atoms in total. The molecule has 0 unspecified atom stereocenters. The maximum Gasteiger partial charge on any atom is 0.0708 e. The topological polar surface area (TPSA) is 25.2 Å². The second-order valence-electron chi connectivity index (χ2n) is 9.34. The number of aliphatic imine (C=N–C) groups is 1. The smallest absolute Gasteiger partial charge is 0.0708 e. The average Bonchev–Trinajstić information content (AvgIpc) is 2.99. The van der Waals surface area contributed by atoms with Gasteiger partial charge in [-0.25, -0.2) is 0 Å². The van der Waals surface area contributed by atoms with Crippen molar-refractivity contribution < 1.29 is 0 Å². The zero-order valence-corrected chi connectivity index (χ0v) is 21.9. The van der Waals surface area contributed by atoms with Crippen LogP contribution < -0.4 is 0 Å². The highest BCUT2D eigenvalue weighted by Gasteiger charge is 2.08. The normalized spacial score (nSPS) is 11.5. The van der Waals surface area contributed by atoms with Crippen molar-refractivity contribution in [3.8, 4) is 11.1 Å². The first-order chi connectivity index (χ1) is 19.2. The van der Waals surface area contributed by atoms with Crippen LogP contribution in [0.5, 0.6) is 0 Å². The van der Waals surface area contributed by atoms with Gasteiger partial charge in [0.2, 0.25) is 0 Å². The first-order valence-corrected chi connectivity index (χ1v) is 12.9. The molecule has 0 aliphatic rings. The second kappa shape index (κ2) is 12.0. The Labute approximate surface area is 230 Å². The Bertz CT molecular complexity index is 1710. The van der Waals surface area contributed by atoms with Crippen LogP contribution in [-0.2, 0) is 6.42 Å². The van der Waals surface area contributed by atoms with Gasteiger partial charge in [-0.05, 0) is 76.4 Å².